The average Bonchev–Trinajstić information content (AvgIpc) is 3.39. The minimum atomic E-state index is 0.259. The van der Waals surface area contributed by atoms with Crippen LogP contribution in [0, 0.1) is 0 Å². The SMILES string of the molecule is O=C(CN1CCC[C@@H]1c1nc2ccccc2s1)N1CCc2sccc2C1. The third-order valence-electron chi connectivity index (χ3n) is 5.46. The highest BCUT2D eigenvalue weighted by atomic mass is 32.1. The molecule has 3 aromatic rings. The lowest BCUT2D eigenvalue weighted by Crippen LogP contribution is -2.42. The smallest absolute Gasteiger partial charge is 0.237 e. The van der Waals surface area contributed by atoms with E-state index >= 15 is 0 Å². The molecule has 4 heterocycles. The van der Waals surface area contributed by atoms with Crippen LogP contribution in [0.5, 0.6) is 0 Å². The molecule has 0 saturated carbocycles. The highest BCUT2D eigenvalue weighted by Gasteiger charge is 2.32. The van der Waals surface area contributed by atoms with Gasteiger partial charge in [0.25, 0.3) is 0 Å². The highest BCUT2D eigenvalue weighted by Crippen LogP contribution is 2.36. The van der Waals surface area contributed by atoms with Gasteiger partial charge < -0.3 is 4.90 Å². The Morgan fingerprint density at radius 3 is 3.08 bits per heavy atom. The van der Waals surface area contributed by atoms with Gasteiger partial charge in [-0.3, -0.25) is 9.69 Å². The van der Waals surface area contributed by atoms with Crippen LogP contribution in [0.15, 0.2) is 35.7 Å². The number of nitrogens with zero attached hydrogens (tertiary/aromatic N) is 3. The summed E-state index contributed by atoms with van der Waals surface area (Å²) in [5.41, 5.74) is 2.41. The van der Waals surface area contributed by atoms with E-state index in [-0.39, 0.29) is 11.9 Å². The van der Waals surface area contributed by atoms with E-state index in [1.807, 2.05) is 22.3 Å². The molecule has 2 aliphatic rings. The maximum absolute atomic E-state index is 12.9. The normalized spacial score (nSPS) is 20.6. The van der Waals surface area contributed by atoms with E-state index < -0.39 is 0 Å². The number of carbonyl (C=O) groups is 1. The first-order chi connectivity index (χ1) is 12.8. The maximum atomic E-state index is 12.9. The standard InChI is InChI=1S/C20H21N3OS2/c24-19(23-10-7-17-14(12-23)8-11-25-17)13-22-9-3-5-16(22)20-21-15-4-1-2-6-18(15)26-20/h1-2,4,6,8,11,16H,3,5,7,9-10,12-13H2/t16-/m1/s1. The van der Waals surface area contributed by atoms with E-state index in [9.17, 15) is 4.79 Å². The lowest BCUT2D eigenvalue weighted by atomic mass is 10.1. The van der Waals surface area contributed by atoms with Crippen LogP contribution < -0.4 is 0 Å². The number of carbonyl (C=O) groups excluding carboxylic acids is 1. The van der Waals surface area contributed by atoms with Crippen molar-refractivity contribution >= 4 is 38.8 Å². The van der Waals surface area contributed by atoms with Crippen LogP contribution in [0.25, 0.3) is 10.2 Å². The number of thiophene rings is 1. The number of likely N-dealkylation sites (tertiary alicyclic amines) is 1. The molecule has 2 aromatic heterocycles. The minimum absolute atomic E-state index is 0.259. The first kappa shape index (κ1) is 16.4. The summed E-state index contributed by atoms with van der Waals surface area (Å²) in [7, 11) is 0. The van der Waals surface area contributed by atoms with Gasteiger partial charge in [-0.25, -0.2) is 4.98 Å². The number of rotatable bonds is 3. The zero-order valence-corrected chi connectivity index (χ0v) is 16.2. The molecule has 6 heteroatoms. The average molecular weight is 384 g/mol. The highest BCUT2D eigenvalue weighted by molar-refractivity contribution is 7.18. The second kappa shape index (κ2) is 6.76. The molecule has 26 heavy (non-hydrogen) atoms. The Balaban J connectivity index is 1.31. The van der Waals surface area contributed by atoms with Gasteiger partial charge in [-0.1, -0.05) is 12.1 Å². The molecule has 1 atom stereocenters. The Labute approximate surface area is 161 Å². The van der Waals surface area contributed by atoms with Crippen molar-refractivity contribution in [1.82, 2.24) is 14.8 Å². The molecule has 5 rings (SSSR count). The molecular formula is C20H21N3OS2. The first-order valence-corrected chi connectivity index (χ1v) is 10.9. The Hall–Kier alpha value is -1.76. The van der Waals surface area contributed by atoms with Crippen molar-refractivity contribution in [3.05, 3.63) is 51.2 Å². The minimum Gasteiger partial charge on any atom is -0.337 e. The van der Waals surface area contributed by atoms with Crippen molar-refractivity contribution in [3.63, 3.8) is 0 Å². The molecule has 1 saturated heterocycles. The van der Waals surface area contributed by atoms with Crippen LogP contribution in [0.4, 0.5) is 0 Å². The molecule has 0 N–H and O–H groups in total. The zero-order valence-electron chi connectivity index (χ0n) is 14.6. The van der Waals surface area contributed by atoms with Gasteiger partial charge in [-0.2, -0.15) is 0 Å². The molecule has 0 aliphatic carbocycles. The van der Waals surface area contributed by atoms with Gasteiger partial charge in [0.05, 0.1) is 22.8 Å². The van der Waals surface area contributed by atoms with Gasteiger partial charge in [-0.15, -0.1) is 22.7 Å². The van der Waals surface area contributed by atoms with Crippen LogP contribution >= 0.6 is 22.7 Å². The maximum Gasteiger partial charge on any atom is 0.237 e. The fourth-order valence-electron chi connectivity index (χ4n) is 4.06. The van der Waals surface area contributed by atoms with E-state index in [0.717, 1.165) is 49.4 Å². The van der Waals surface area contributed by atoms with Crippen molar-refractivity contribution < 1.29 is 4.79 Å². The third-order valence-corrected chi connectivity index (χ3v) is 7.62. The molecular weight excluding hydrogens is 362 g/mol. The fraction of sp³-hybridized carbons (Fsp3) is 0.400. The predicted octanol–water partition coefficient (Wildman–Crippen LogP) is 4.08. The summed E-state index contributed by atoms with van der Waals surface area (Å²) in [5, 5.41) is 3.30. The summed E-state index contributed by atoms with van der Waals surface area (Å²) >= 11 is 3.59. The zero-order chi connectivity index (χ0) is 17.5. The number of aromatic nitrogens is 1. The number of para-hydroxylation sites is 1. The van der Waals surface area contributed by atoms with Gasteiger partial charge in [0.2, 0.25) is 5.91 Å². The van der Waals surface area contributed by atoms with Gasteiger partial charge >= 0.3 is 0 Å². The van der Waals surface area contributed by atoms with E-state index in [1.165, 1.54) is 15.1 Å². The van der Waals surface area contributed by atoms with Crippen LogP contribution in [0.1, 0.15) is 34.3 Å². The summed E-state index contributed by atoms with van der Waals surface area (Å²) in [5.74, 6) is 0.259. The van der Waals surface area contributed by atoms with Crippen LogP contribution in [0.2, 0.25) is 0 Å². The lowest BCUT2D eigenvalue weighted by molar-refractivity contribution is -0.133. The summed E-state index contributed by atoms with van der Waals surface area (Å²) in [6.45, 7) is 3.13. The Kier molecular flexibility index (Phi) is 4.27. The molecule has 1 amide bonds. The summed E-state index contributed by atoms with van der Waals surface area (Å²) < 4.78 is 1.24. The van der Waals surface area contributed by atoms with Gasteiger partial charge in [0.1, 0.15) is 5.01 Å². The summed E-state index contributed by atoms with van der Waals surface area (Å²) in [4.78, 5) is 23.6. The molecule has 0 unspecified atom stereocenters. The Bertz CT molecular complexity index is 914. The monoisotopic (exact) mass is 383 g/mol. The number of thiazole rings is 1. The van der Waals surface area contributed by atoms with Gasteiger partial charge in [-0.05, 0) is 54.9 Å². The number of hydrogen-bond acceptors (Lipinski definition) is 5. The van der Waals surface area contributed by atoms with E-state index in [2.05, 4.69) is 34.5 Å². The number of benzene rings is 1. The molecule has 0 bridgehead atoms. The fourth-order valence-corrected chi connectivity index (χ4v) is 6.09. The Morgan fingerprint density at radius 2 is 2.15 bits per heavy atom. The van der Waals surface area contributed by atoms with E-state index in [1.54, 1.807) is 11.3 Å². The summed E-state index contributed by atoms with van der Waals surface area (Å²) in [6, 6.07) is 10.8. The molecule has 1 fully saturated rings. The molecule has 134 valence electrons. The quantitative estimate of drug-likeness (QED) is 0.684. The van der Waals surface area contributed by atoms with Crippen molar-refractivity contribution in [3.8, 4) is 0 Å². The molecule has 1 aromatic carbocycles. The second-order valence-corrected chi connectivity index (χ2v) is 9.15. The van der Waals surface area contributed by atoms with E-state index in [4.69, 9.17) is 4.98 Å². The molecule has 4 nitrogen and oxygen atoms in total. The van der Waals surface area contributed by atoms with Crippen molar-refractivity contribution in [2.24, 2.45) is 0 Å². The van der Waals surface area contributed by atoms with E-state index in [0.29, 0.717) is 6.54 Å². The van der Waals surface area contributed by atoms with Crippen molar-refractivity contribution in [1.29, 1.82) is 0 Å². The first-order valence-electron chi connectivity index (χ1n) is 9.20. The van der Waals surface area contributed by atoms with Crippen LogP contribution in [-0.2, 0) is 17.8 Å². The molecule has 2 aliphatic heterocycles. The summed E-state index contributed by atoms with van der Waals surface area (Å²) in [6.07, 6.45) is 3.24. The van der Waals surface area contributed by atoms with Crippen LogP contribution in [-0.4, -0.2) is 40.3 Å². The number of amides is 1. The topological polar surface area (TPSA) is 36.4 Å². The lowest BCUT2D eigenvalue weighted by Gasteiger charge is -2.30. The third kappa shape index (κ3) is 2.96. The van der Waals surface area contributed by atoms with Crippen molar-refractivity contribution in [2.45, 2.75) is 31.8 Å². The molecule has 0 radical (unpaired) electrons. The van der Waals surface area contributed by atoms with Crippen LogP contribution in [0.3, 0.4) is 0 Å². The van der Waals surface area contributed by atoms with Gasteiger partial charge in [0.15, 0.2) is 0 Å². The van der Waals surface area contributed by atoms with Gasteiger partial charge in [0, 0.05) is 18.0 Å². The number of hydrogen-bond donors (Lipinski definition) is 0. The largest absolute Gasteiger partial charge is 0.337 e. The molecule has 0 spiro atoms. The number of fused-ring (bicyclic) bond motifs is 2. The Morgan fingerprint density at radius 1 is 1.23 bits per heavy atom. The predicted molar refractivity (Wildman–Crippen MR) is 107 cm³/mol. The second-order valence-electron chi connectivity index (χ2n) is 7.08. The van der Waals surface area contributed by atoms with Crippen molar-refractivity contribution in [2.75, 3.05) is 19.6 Å².